The first-order valence-corrected chi connectivity index (χ1v) is 5.13. The summed E-state index contributed by atoms with van der Waals surface area (Å²) in [6.07, 6.45) is 1.50. The summed E-state index contributed by atoms with van der Waals surface area (Å²) in [6.45, 7) is 2.35. The Balaban J connectivity index is 2.40. The van der Waals surface area contributed by atoms with E-state index in [1.165, 1.54) is 0 Å². The summed E-state index contributed by atoms with van der Waals surface area (Å²) in [6, 6.07) is 1.82. The second-order valence-electron chi connectivity index (χ2n) is 3.62. The summed E-state index contributed by atoms with van der Waals surface area (Å²) < 4.78 is 5.35. The van der Waals surface area contributed by atoms with Crippen molar-refractivity contribution in [2.45, 2.75) is 26.2 Å². The quantitative estimate of drug-likeness (QED) is 0.696. The first-order valence-electron chi connectivity index (χ1n) is 5.13. The number of rotatable bonds is 2. The van der Waals surface area contributed by atoms with Crippen LogP contribution in [0.1, 0.15) is 34.7 Å². The van der Waals surface area contributed by atoms with Gasteiger partial charge in [0.15, 0.2) is 5.78 Å². The normalized spacial score (nSPS) is 13.5. The predicted molar refractivity (Wildman–Crippen MR) is 55.1 cm³/mol. The molecule has 2 rings (SSSR count). The fourth-order valence-electron chi connectivity index (χ4n) is 1.64. The fourth-order valence-corrected chi connectivity index (χ4v) is 1.64. The molecule has 0 unspecified atom stereocenters. The maximum absolute atomic E-state index is 11.6. The van der Waals surface area contributed by atoms with E-state index in [9.17, 15) is 4.79 Å². The molecule has 0 saturated heterocycles. The van der Waals surface area contributed by atoms with Crippen molar-refractivity contribution >= 4 is 5.78 Å². The first-order chi connectivity index (χ1) is 7.72. The minimum Gasteiger partial charge on any atom is -0.476 e. The molecule has 0 atom stereocenters. The molecule has 82 valence electrons. The highest BCUT2D eigenvalue weighted by atomic mass is 16.5. The average Bonchev–Trinajstić information content (AvgIpc) is 2.28. The molecule has 0 fully saturated rings. The van der Waals surface area contributed by atoms with Gasteiger partial charge in [-0.15, -0.1) is 0 Å². The van der Waals surface area contributed by atoms with Crippen molar-refractivity contribution in [3.63, 3.8) is 0 Å². The Labute approximate surface area is 93.1 Å². The molecule has 0 spiro atoms. The molecule has 1 aliphatic heterocycles. The fraction of sp³-hybridized carbons (Fsp3) is 0.455. The largest absolute Gasteiger partial charge is 0.476 e. The lowest BCUT2D eigenvalue weighted by Crippen LogP contribution is -2.16. The van der Waals surface area contributed by atoms with Crippen LogP contribution >= 0.6 is 0 Å². The van der Waals surface area contributed by atoms with Crippen molar-refractivity contribution in [2.24, 2.45) is 0 Å². The lowest BCUT2D eigenvalue weighted by molar-refractivity contribution is 0.0991. The molecule has 1 aliphatic rings. The topological polar surface area (TPSA) is 75.9 Å². The average molecular weight is 217 g/mol. The van der Waals surface area contributed by atoms with Gasteiger partial charge in [0.05, 0.1) is 18.4 Å². The maximum atomic E-state index is 11.6. The molecule has 2 heterocycles. The van der Waals surface area contributed by atoms with Gasteiger partial charge in [-0.1, -0.05) is 0 Å². The van der Waals surface area contributed by atoms with Crippen molar-refractivity contribution in [3.05, 3.63) is 17.1 Å². The molecule has 0 amide bonds. The van der Waals surface area contributed by atoms with Crippen LogP contribution in [-0.2, 0) is 6.42 Å². The van der Waals surface area contributed by atoms with Crippen molar-refractivity contribution in [2.75, 3.05) is 6.61 Å². The van der Waals surface area contributed by atoms with Gasteiger partial charge in [0.25, 0.3) is 0 Å². The zero-order chi connectivity index (χ0) is 11.5. The summed E-state index contributed by atoms with van der Waals surface area (Å²) in [4.78, 5) is 20.0. The lowest BCUT2D eigenvalue weighted by atomic mass is 10.1. The zero-order valence-corrected chi connectivity index (χ0v) is 8.99. The number of nitrogens with zero attached hydrogens (tertiary/aromatic N) is 3. The van der Waals surface area contributed by atoms with Gasteiger partial charge in [0, 0.05) is 0 Å². The van der Waals surface area contributed by atoms with E-state index in [4.69, 9.17) is 10.00 Å². The third-order valence-corrected chi connectivity index (χ3v) is 2.41. The number of fused-ring (bicyclic) bond motifs is 1. The van der Waals surface area contributed by atoms with Gasteiger partial charge in [0.2, 0.25) is 5.88 Å². The van der Waals surface area contributed by atoms with Crippen LogP contribution in [0, 0.1) is 18.3 Å². The molecule has 0 N–H and O–H groups in total. The number of nitriles is 1. The van der Waals surface area contributed by atoms with E-state index >= 15 is 0 Å². The third kappa shape index (κ3) is 1.87. The number of carbonyl (C=O) groups excluding carboxylic acids is 1. The summed E-state index contributed by atoms with van der Waals surface area (Å²) in [5, 5.41) is 8.48. The smallest absolute Gasteiger partial charge is 0.235 e. The molecule has 5 heteroatoms. The molecule has 1 aromatic heterocycles. The van der Waals surface area contributed by atoms with E-state index in [1.54, 1.807) is 6.92 Å². The number of aromatic nitrogens is 2. The summed E-state index contributed by atoms with van der Waals surface area (Å²) in [5.41, 5.74) is 1.55. The van der Waals surface area contributed by atoms with Gasteiger partial charge >= 0.3 is 0 Å². The monoisotopic (exact) mass is 217 g/mol. The van der Waals surface area contributed by atoms with Gasteiger partial charge in [-0.05, 0) is 19.8 Å². The molecule has 0 aliphatic carbocycles. The first kappa shape index (κ1) is 10.6. The standard InChI is InChI=1S/C11H11N3O2/c1-7-10(9(15)4-5-12)14-8-3-2-6-16-11(8)13-7/h2-4,6H2,1H3. The number of hydrogen-bond donors (Lipinski definition) is 0. The Morgan fingerprint density at radius 2 is 2.38 bits per heavy atom. The van der Waals surface area contributed by atoms with Gasteiger partial charge in [-0.2, -0.15) is 5.26 Å². The van der Waals surface area contributed by atoms with Gasteiger partial charge in [0.1, 0.15) is 17.8 Å². The van der Waals surface area contributed by atoms with Crippen LogP contribution in [0.3, 0.4) is 0 Å². The summed E-state index contributed by atoms with van der Waals surface area (Å²) in [7, 11) is 0. The number of Topliss-reactive ketones (excluding diaryl/α,β-unsaturated/α-hetero) is 1. The second-order valence-corrected chi connectivity index (χ2v) is 3.62. The Kier molecular flexibility index (Phi) is 2.82. The molecule has 16 heavy (non-hydrogen) atoms. The molecule has 0 radical (unpaired) electrons. The van der Waals surface area contributed by atoms with E-state index in [0.717, 1.165) is 18.5 Å². The van der Waals surface area contributed by atoms with E-state index in [1.807, 2.05) is 6.07 Å². The minimum absolute atomic E-state index is 0.158. The molecule has 0 bridgehead atoms. The molecular weight excluding hydrogens is 206 g/mol. The lowest BCUT2D eigenvalue weighted by Gasteiger charge is -2.16. The number of aryl methyl sites for hydroxylation is 2. The van der Waals surface area contributed by atoms with E-state index < -0.39 is 0 Å². The Hall–Kier alpha value is -1.96. The number of ether oxygens (including phenoxy) is 1. The number of carbonyl (C=O) groups is 1. The highest BCUT2D eigenvalue weighted by molar-refractivity contribution is 5.96. The molecule has 1 aromatic rings. The Bertz CT molecular complexity index is 477. The second kappa shape index (κ2) is 4.27. The summed E-state index contributed by atoms with van der Waals surface area (Å²) >= 11 is 0. The maximum Gasteiger partial charge on any atom is 0.235 e. The van der Waals surface area contributed by atoms with Crippen molar-refractivity contribution in [3.8, 4) is 11.9 Å². The SMILES string of the molecule is Cc1nc2c(nc1C(=O)CC#N)CCCO2. The van der Waals surface area contributed by atoms with Gasteiger partial charge in [-0.25, -0.2) is 9.97 Å². The Morgan fingerprint density at radius 3 is 3.12 bits per heavy atom. The van der Waals surface area contributed by atoms with Crippen LogP contribution in [0.4, 0.5) is 0 Å². The van der Waals surface area contributed by atoms with Crippen LogP contribution in [0.15, 0.2) is 0 Å². The van der Waals surface area contributed by atoms with Gasteiger partial charge in [-0.3, -0.25) is 4.79 Å². The highest BCUT2D eigenvalue weighted by Crippen LogP contribution is 2.22. The van der Waals surface area contributed by atoms with Crippen LogP contribution in [0.5, 0.6) is 5.88 Å². The minimum atomic E-state index is -0.277. The van der Waals surface area contributed by atoms with E-state index in [-0.39, 0.29) is 12.2 Å². The predicted octanol–water partition coefficient (Wildman–Crippen LogP) is 1.21. The number of ketones is 1. The molecular formula is C11H11N3O2. The molecule has 0 aromatic carbocycles. The summed E-state index contributed by atoms with van der Waals surface area (Å²) in [5.74, 6) is 0.248. The Morgan fingerprint density at radius 1 is 1.56 bits per heavy atom. The van der Waals surface area contributed by atoms with Crippen LogP contribution in [0.25, 0.3) is 0 Å². The highest BCUT2D eigenvalue weighted by Gasteiger charge is 2.19. The van der Waals surface area contributed by atoms with Crippen molar-refractivity contribution in [1.29, 1.82) is 5.26 Å². The van der Waals surface area contributed by atoms with Crippen LogP contribution < -0.4 is 4.74 Å². The molecule has 0 saturated carbocycles. The van der Waals surface area contributed by atoms with Crippen molar-refractivity contribution in [1.82, 2.24) is 9.97 Å². The number of hydrogen-bond acceptors (Lipinski definition) is 5. The third-order valence-electron chi connectivity index (χ3n) is 2.41. The van der Waals surface area contributed by atoms with Crippen molar-refractivity contribution < 1.29 is 9.53 Å². The zero-order valence-electron chi connectivity index (χ0n) is 8.99. The van der Waals surface area contributed by atoms with E-state index in [2.05, 4.69) is 9.97 Å². The van der Waals surface area contributed by atoms with Crippen LogP contribution in [0.2, 0.25) is 0 Å². The van der Waals surface area contributed by atoms with Crippen LogP contribution in [-0.4, -0.2) is 22.4 Å². The van der Waals surface area contributed by atoms with Gasteiger partial charge < -0.3 is 4.74 Å². The molecule has 5 nitrogen and oxygen atoms in total. The van der Waals surface area contributed by atoms with E-state index in [0.29, 0.717) is 23.9 Å².